The van der Waals surface area contributed by atoms with E-state index < -0.39 is 0 Å². The molecule has 2 rings (SSSR count). The van der Waals surface area contributed by atoms with E-state index in [2.05, 4.69) is 54.1 Å². The monoisotopic (exact) mass is 290 g/mol. The molecule has 118 valence electrons. The second-order valence-corrected chi connectivity index (χ2v) is 6.49. The van der Waals surface area contributed by atoms with Crippen molar-refractivity contribution >= 4 is 0 Å². The molecule has 3 nitrogen and oxygen atoms in total. The molecule has 1 aromatic rings. The Morgan fingerprint density at radius 3 is 2.52 bits per heavy atom. The van der Waals surface area contributed by atoms with Gasteiger partial charge in [-0.3, -0.25) is 0 Å². The van der Waals surface area contributed by atoms with Crippen molar-refractivity contribution in [1.29, 1.82) is 0 Å². The van der Waals surface area contributed by atoms with Crippen molar-refractivity contribution in [2.75, 3.05) is 33.2 Å². The molecule has 1 aromatic carbocycles. The average molecular weight is 290 g/mol. The van der Waals surface area contributed by atoms with Gasteiger partial charge in [0.15, 0.2) is 0 Å². The van der Waals surface area contributed by atoms with Gasteiger partial charge in [0.1, 0.15) is 0 Å². The standard InChI is InChI=1S/C18H30N2O/c1-3-18(21)15-20-11-9-17(10-12-20)14-19(2)13-16-7-5-4-6-8-16/h4-8,17-18,21H,3,9-15H2,1-2H3. The third-order valence-electron chi connectivity index (χ3n) is 4.51. The summed E-state index contributed by atoms with van der Waals surface area (Å²) in [6.07, 6.45) is 3.23. The first-order valence-corrected chi connectivity index (χ1v) is 8.30. The predicted molar refractivity (Wildman–Crippen MR) is 88.2 cm³/mol. The Morgan fingerprint density at radius 1 is 1.24 bits per heavy atom. The van der Waals surface area contributed by atoms with Crippen LogP contribution in [0.3, 0.4) is 0 Å². The van der Waals surface area contributed by atoms with Gasteiger partial charge in [-0.25, -0.2) is 0 Å². The van der Waals surface area contributed by atoms with E-state index >= 15 is 0 Å². The molecular weight excluding hydrogens is 260 g/mol. The summed E-state index contributed by atoms with van der Waals surface area (Å²) in [4.78, 5) is 4.86. The van der Waals surface area contributed by atoms with Gasteiger partial charge in [0.2, 0.25) is 0 Å². The number of hydrogen-bond donors (Lipinski definition) is 1. The van der Waals surface area contributed by atoms with Crippen LogP contribution in [-0.2, 0) is 6.54 Å². The molecule has 0 spiro atoms. The maximum atomic E-state index is 9.74. The Morgan fingerprint density at radius 2 is 1.90 bits per heavy atom. The van der Waals surface area contributed by atoms with Crippen molar-refractivity contribution in [2.24, 2.45) is 5.92 Å². The number of aliphatic hydroxyl groups is 1. The zero-order valence-corrected chi connectivity index (χ0v) is 13.5. The van der Waals surface area contributed by atoms with Crippen molar-refractivity contribution in [3.8, 4) is 0 Å². The summed E-state index contributed by atoms with van der Waals surface area (Å²) in [7, 11) is 2.22. The number of hydrogen-bond acceptors (Lipinski definition) is 3. The molecule has 0 radical (unpaired) electrons. The molecule has 1 aliphatic heterocycles. The highest BCUT2D eigenvalue weighted by Crippen LogP contribution is 2.19. The van der Waals surface area contributed by atoms with E-state index in [1.54, 1.807) is 0 Å². The normalized spacial score (nSPS) is 19.0. The minimum absolute atomic E-state index is 0.151. The second kappa shape index (κ2) is 8.52. The lowest BCUT2D eigenvalue weighted by atomic mass is 9.96. The van der Waals surface area contributed by atoms with Crippen LogP contribution in [0.2, 0.25) is 0 Å². The van der Waals surface area contributed by atoms with Crippen molar-refractivity contribution in [3.05, 3.63) is 35.9 Å². The van der Waals surface area contributed by atoms with Crippen molar-refractivity contribution in [3.63, 3.8) is 0 Å². The fourth-order valence-electron chi connectivity index (χ4n) is 3.18. The summed E-state index contributed by atoms with van der Waals surface area (Å²) in [5.41, 5.74) is 1.39. The average Bonchev–Trinajstić information content (AvgIpc) is 2.50. The van der Waals surface area contributed by atoms with Crippen LogP contribution in [0.25, 0.3) is 0 Å². The highest BCUT2D eigenvalue weighted by Gasteiger charge is 2.21. The quantitative estimate of drug-likeness (QED) is 0.836. The van der Waals surface area contributed by atoms with Gasteiger partial charge >= 0.3 is 0 Å². The van der Waals surface area contributed by atoms with Crippen LogP contribution in [0, 0.1) is 5.92 Å². The molecule has 0 bridgehead atoms. The third kappa shape index (κ3) is 5.77. The zero-order chi connectivity index (χ0) is 15.1. The van der Waals surface area contributed by atoms with Crippen LogP contribution in [0.5, 0.6) is 0 Å². The molecule has 1 heterocycles. The molecule has 0 aromatic heterocycles. The summed E-state index contributed by atoms with van der Waals surface area (Å²) in [6.45, 7) is 7.40. The number of nitrogens with zero attached hydrogens (tertiary/aromatic N) is 2. The van der Waals surface area contributed by atoms with E-state index in [-0.39, 0.29) is 6.10 Å². The summed E-state index contributed by atoms with van der Waals surface area (Å²) in [5.74, 6) is 0.800. The fourth-order valence-corrected chi connectivity index (χ4v) is 3.18. The first-order valence-electron chi connectivity index (χ1n) is 8.30. The van der Waals surface area contributed by atoms with Gasteiger partial charge in [0, 0.05) is 19.6 Å². The van der Waals surface area contributed by atoms with Gasteiger partial charge in [-0.05, 0) is 50.9 Å². The highest BCUT2D eigenvalue weighted by molar-refractivity contribution is 5.14. The topological polar surface area (TPSA) is 26.7 Å². The second-order valence-electron chi connectivity index (χ2n) is 6.49. The number of benzene rings is 1. The molecule has 0 amide bonds. The minimum atomic E-state index is -0.151. The van der Waals surface area contributed by atoms with E-state index in [9.17, 15) is 5.11 Å². The molecule has 1 unspecified atom stereocenters. The molecule has 0 aliphatic carbocycles. The summed E-state index contributed by atoms with van der Waals surface area (Å²) in [5, 5.41) is 9.74. The lowest BCUT2D eigenvalue weighted by molar-refractivity contribution is 0.0806. The Bertz CT molecular complexity index is 387. The molecule has 0 saturated carbocycles. The van der Waals surface area contributed by atoms with Crippen LogP contribution in [0.1, 0.15) is 31.7 Å². The number of piperidine rings is 1. The van der Waals surface area contributed by atoms with Crippen LogP contribution in [-0.4, -0.2) is 54.2 Å². The van der Waals surface area contributed by atoms with Crippen LogP contribution in [0.4, 0.5) is 0 Å². The Hall–Kier alpha value is -0.900. The van der Waals surface area contributed by atoms with Gasteiger partial charge in [-0.15, -0.1) is 0 Å². The highest BCUT2D eigenvalue weighted by atomic mass is 16.3. The number of likely N-dealkylation sites (tertiary alicyclic amines) is 1. The van der Waals surface area contributed by atoms with E-state index in [1.165, 1.54) is 24.9 Å². The molecular formula is C18H30N2O. The Kier molecular flexibility index (Phi) is 6.68. The van der Waals surface area contributed by atoms with Crippen molar-refractivity contribution in [1.82, 2.24) is 9.80 Å². The molecule has 1 fully saturated rings. The lowest BCUT2D eigenvalue weighted by Crippen LogP contribution is -2.41. The van der Waals surface area contributed by atoms with E-state index in [4.69, 9.17) is 0 Å². The summed E-state index contributed by atoms with van der Waals surface area (Å²) >= 11 is 0. The molecule has 3 heteroatoms. The Balaban J connectivity index is 1.68. The zero-order valence-electron chi connectivity index (χ0n) is 13.5. The molecule has 1 N–H and O–H groups in total. The van der Waals surface area contributed by atoms with E-state index in [0.29, 0.717) is 0 Å². The third-order valence-corrected chi connectivity index (χ3v) is 4.51. The minimum Gasteiger partial charge on any atom is -0.392 e. The first-order chi connectivity index (χ1) is 10.2. The first kappa shape index (κ1) is 16.5. The van der Waals surface area contributed by atoms with Gasteiger partial charge in [-0.1, -0.05) is 37.3 Å². The van der Waals surface area contributed by atoms with Gasteiger partial charge < -0.3 is 14.9 Å². The lowest BCUT2D eigenvalue weighted by Gasteiger charge is -2.34. The number of β-amino-alcohol motifs (C(OH)–C–C–N with tert-alkyl or cyclic N) is 1. The van der Waals surface area contributed by atoms with Crippen LogP contribution in [0.15, 0.2) is 30.3 Å². The van der Waals surface area contributed by atoms with E-state index in [0.717, 1.165) is 38.5 Å². The molecule has 21 heavy (non-hydrogen) atoms. The largest absolute Gasteiger partial charge is 0.392 e. The molecule has 1 saturated heterocycles. The number of rotatable bonds is 7. The maximum absolute atomic E-state index is 9.74. The predicted octanol–water partition coefficient (Wildman–Crippen LogP) is 2.60. The number of aliphatic hydroxyl groups excluding tert-OH is 1. The SMILES string of the molecule is CCC(O)CN1CCC(CN(C)Cc2ccccc2)CC1. The summed E-state index contributed by atoms with van der Waals surface area (Å²) < 4.78 is 0. The van der Waals surface area contributed by atoms with Gasteiger partial charge in [0.25, 0.3) is 0 Å². The fraction of sp³-hybridized carbons (Fsp3) is 0.667. The maximum Gasteiger partial charge on any atom is 0.0664 e. The van der Waals surface area contributed by atoms with Crippen molar-refractivity contribution < 1.29 is 5.11 Å². The smallest absolute Gasteiger partial charge is 0.0664 e. The Labute approximate surface area is 129 Å². The molecule has 1 aliphatic rings. The van der Waals surface area contributed by atoms with Gasteiger partial charge in [-0.2, -0.15) is 0 Å². The van der Waals surface area contributed by atoms with Crippen LogP contribution < -0.4 is 0 Å². The summed E-state index contributed by atoms with van der Waals surface area (Å²) in [6, 6.07) is 10.7. The van der Waals surface area contributed by atoms with Crippen LogP contribution >= 0.6 is 0 Å². The van der Waals surface area contributed by atoms with Crippen molar-refractivity contribution in [2.45, 2.75) is 38.8 Å². The molecule has 1 atom stereocenters. The van der Waals surface area contributed by atoms with Gasteiger partial charge in [0.05, 0.1) is 6.10 Å². The van der Waals surface area contributed by atoms with E-state index in [1.807, 2.05) is 0 Å².